The predicted molar refractivity (Wildman–Crippen MR) is 59.4 cm³/mol. The van der Waals surface area contributed by atoms with Crippen LogP contribution in [0.2, 0.25) is 0 Å². The fourth-order valence-electron chi connectivity index (χ4n) is 1.43. The Labute approximate surface area is 85.2 Å². The van der Waals surface area contributed by atoms with Gasteiger partial charge in [-0.15, -0.1) is 0 Å². The number of aliphatic hydroxyl groups excluding tert-OH is 1. The second-order valence-electron chi connectivity index (χ2n) is 3.46. The third kappa shape index (κ3) is 2.47. The highest BCUT2D eigenvalue weighted by Crippen LogP contribution is 2.17. The van der Waals surface area contributed by atoms with Gasteiger partial charge in [-0.3, -0.25) is 0 Å². The van der Waals surface area contributed by atoms with Gasteiger partial charge in [-0.05, 0) is 30.2 Å². The molecular weight excluding hydrogens is 176 g/mol. The first kappa shape index (κ1) is 11.0. The molecule has 3 nitrogen and oxygen atoms in total. The quantitative estimate of drug-likeness (QED) is 0.748. The Morgan fingerprint density at radius 3 is 2.64 bits per heavy atom. The lowest BCUT2D eigenvalue weighted by Crippen LogP contribution is -2.21. The van der Waals surface area contributed by atoms with Crippen molar-refractivity contribution < 1.29 is 5.11 Å². The minimum atomic E-state index is 0.175. The van der Waals surface area contributed by atoms with Gasteiger partial charge in [0.1, 0.15) is 0 Å². The Kier molecular flexibility index (Phi) is 3.92. The van der Waals surface area contributed by atoms with Gasteiger partial charge in [-0.25, -0.2) is 0 Å². The van der Waals surface area contributed by atoms with Crippen LogP contribution in [0.15, 0.2) is 18.2 Å². The van der Waals surface area contributed by atoms with E-state index in [0.29, 0.717) is 13.1 Å². The molecule has 0 aromatic heterocycles. The topological polar surface area (TPSA) is 49.5 Å². The molecule has 1 aromatic carbocycles. The zero-order valence-corrected chi connectivity index (χ0v) is 8.83. The lowest BCUT2D eigenvalue weighted by atomic mass is 10.1. The van der Waals surface area contributed by atoms with Gasteiger partial charge in [0.05, 0.1) is 6.61 Å². The molecule has 78 valence electrons. The fraction of sp³-hybridized carbons (Fsp3) is 0.455. The Bertz CT molecular complexity index is 299. The monoisotopic (exact) mass is 194 g/mol. The molecule has 0 fully saturated rings. The number of anilines is 1. The van der Waals surface area contributed by atoms with Crippen molar-refractivity contribution in [3.05, 3.63) is 29.3 Å². The first-order valence-corrected chi connectivity index (χ1v) is 4.80. The maximum atomic E-state index is 8.81. The number of rotatable bonds is 4. The van der Waals surface area contributed by atoms with Gasteiger partial charge in [-0.2, -0.15) is 0 Å². The maximum Gasteiger partial charge on any atom is 0.0606 e. The molecule has 1 rings (SSSR count). The molecule has 0 heterocycles. The summed E-state index contributed by atoms with van der Waals surface area (Å²) in [5.74, 6) is 0. The molecule has 3 heteroatoms. The molecule has 0 unspecified atom stereocenters. The molecule has 0 aliphatic heterocycles. The largest absolute Gasteiger partial charge is 0.395 e. The van der Waals surface area contributed by atoms with Crippen molar-refractivity contribution in [3.8, 4) is 0 Å². The highest BCUT2D eigenvalue weighted by Gasteiger charge is 2.02. The SMILES string of the molecule is Cc1cc(N(C)CCO)ccc1CN. The minimum absolute atomic E-state index is 0.175. The van der Waals surface area contributed by atoms with E-state index in [1.54, 1.807) is 0 Å². The lowest BCUT2D eigenvalue weighted by Gasteiger charge is -2.19. The zero-order chi connectivity index (χ0) is 10.6. The van der Waals surface area contributed by atoms with Crippen LogP contribution in [0.5, 0.6) is 0 Å². The standard InChI is InChI=1S/C11H18N2O/c1-9-7-11(13(2)5-6-14)4-3-10(9)8-12/h3-4,7,14H,5-6,8,12H2,1-2H3. The van der Waals surface area contributed by atoms with E-state index < -0.39 is 0 Å². The van der Waals surface area contributed by atoms with E-state index >= 15 is 0 Å². The van der Waals surface area contributed by atoms with Crippen LogP contribution >= 0.6 is 0 Å². The number of aryl methyl sites for hydroxylation is 1. The summed E-state index contributed by atoms with van der Waals surface area (Å²) in [6, 6.07) is 6.17. The van der Waals surface area contributed by atoms with Crippen LogP contribution in [-0.2, 0) is 6.54 Å². The van der Waals surface area contributed by atoms with Crippen molar-refractivity contribution in [1.82, 2.24) is 0 Å². The Morgan fingerprint density at radius 2 is 2.14 bits per heavy atom. The van der Waals surface area contributed by atoms with Crippen molar-refractivity contribution in [1.29, 1.82) is 0 Å². The lowest BCUT2D eigenvalue weighted by molar-refractivity contribution is 0.304. The molecule has 1 aromatic rings. The van der Waals surface area contributed by atoms with Gasteiger partial charge < -0.3 is 15.7 Å². The second-order valence-corrected chi connectivity index (χ2v) is 3.46. The van der Waals surface area contributed by atoms with Gasteiger partial charge >= 0.3 is 0 Å². The Morgan fingerprint density at radius 1 is 1.43 bits per heavy atom. The van der Waals surface area contributed by atoms with E-state index in [2.05, 4.69) is 13.0 Å². The molecule has 0 aliphatic rings. The summed E-state index contributed by atoms with van der Waals surface area (Å²) in [6.45, 7) is 3.46. The summed E-state index contributed by atoms with van der Waals surface area (Å²) in [6.07, 6.45) is 0. The fourth-order valence-corrected chi connectivity index (χ4v) is 1.43. The normalized spacial score (nSPS) is 10.3. The van der Waals surface area contributed by atoms with Crippen LogP contribution in [0.4, 0.5) is 5.69 Å². The van der Waals surface area contributed by atoms with Crippen molar-refractivity contribution in [2.75, 3.05) is 25.1 Å². The second kappa shape index (κ2) is 4.98. The highest BCUT2D eigenvalue weighted by atomic mass is 16.3. The van der Waals surface area contributed by atoms with E-state index in [0.717, 1.165) is 5.69 Å². The van der Waals surface area contributed by atoms with E-state index in [1.165, 1.54) is 11.1 Å². The van der Waals surface area contributed by atoms with Gasteiger partial charge in [0.2, 0.25) is 0 Å². The van der Waals surface area contributed by atoms with E-state index in [4.69, 9.17) is 10.8 Å². The number of aliphatic hydroxyl groups is 1. The summed E-state index contributed by atoms with van der Waals surface area (Å²) in [7, 11) is 1.97. The summed E-state index contributed by atoms with van der Waals surface area (Å²) in [5.41, 5.74) is 9.08. The number of likely N-dealkylation sites (N-methyl/N-ethyl adjacent to an activating group) is 1. The van der Waals surface area contributed by atoms with E-state index in [1.807, 2.05) is 24.1 Å². The Balaban J connectivity index is 2.85. The van der Waals surface area contributed by atoms with Crippen molar-refractivity contribution in [2.24, 2.45) is 5.73 Å². The smallest absolute Gasteiger partial charge is 0.0606 e. The molecule has 0 bridgehead atoms. The summed E-state index contributed by atoms with van der Waals surface area (Å²) < 4.78 is 0. The van der Waals surface area contributed by atoms with Gasteiger partial charge in [0.25, 0.3) is 0 Å². The van der Waals surface area contributed by atoms with Crippen LogP contribution in [0.3, 0.4) is 0 Å². The van der Waals surface area contributed by atoms with Gasteiger partial charge in [0, 0.05) is 25.8 Å². The third-order valence-corrected chi connectivity index (χ3v) is 2.42. The molecular formula is C11H18N2O. The van der Waals surface area contributed by atoms with Crippen molar-refractivity contribution in [2.45, 2.75) is 13.5 Å². The summed E-state index contributed by atoms with van der Waals surface area (Å²) in [4.78, 5) is 2.02. The minimum Gasteiger partial charge on any atom is -0.395 e. The molecule has 14 heavy (non-hydrogen) atoms. The van der Waals surface area contributed by atoms with Gasteiger partial charge in [-0.1, -0.05) is 6.07 Å². The highest BCUT2D eigenvalue weighted by molar-refractivity contribution is 5.50. The van der Waals surface area contributed by atoms with Crippen LogP contribution < -0.4 is 10.6 Å². The zero-order valence-electron chi connectivity index (χ0n) is 8.83. The first-order valence-electron chi connectivity index (χ1n) is 4.80. The molecule has 3 N–H and O–H groups in total. The van der Waals surface area contributed by atoms with E-state index in [9.17, 15) is 0 Å². The first-order chi connectivity index (χ1) is 6.69. The number of nitrogens with two attached hydrogens (primary N) is 1. The number of benzene rings is 1. The molecule has 0 amide bonds. The molecule has 0 saturated carbocycles. The molecule has 0 saturated heterocycles. The van der Waals surface area contributed by atoms with Crippen LogP contribution in [-0.4, -0.2) is 25.3 Å². The molecule has 0 aliphatic carbocycles. The van der Waals surface area contributed by atoms with Crippen LogP contribution in [0.1, 0.15) is 11.1 Å². The molecule has 0 radical (unpaired) electrons. The number of nitrogens with zero attached hydrogens (tertiary/aromatic N) is 1. The van der Waals surface area contributed by atoms with Crippen molar-refractivity contribution in [3.63, 3.8) is 0 Å². The van der Waals surface area contributed by atoms with Crippen LogP contribution in [0, 0.1) is 6.92 Å². The number of hydrogen-bond donors (Lipinski definition) is 2. The number of hydrogen-bond acceptors (Lipinski definition) is 3. The van der Waals surface area contributed by atoms with Gasteiger partial charge in [0.15, 0.2) is 0 Å². The molecule has 0 atom stereocenters. The predicted octanol–water partition coefficient (Wildman–Crippen LogP) is 0.882. The summed E-state index contributed by atoms with van der Waals surface area (Å²) in [5, 5.41) is 8.81. The average molecular weight is 194 g/mol. The Hall–Kier alpha value is -1.06. The summed E-state index contributed by atoms with van der Waals surface area (Å²) >= 11 is 0. The molecule has 0 spiro atoms. The third-order valence-electron chi connectivity index (χ3n) is 2.42. The van der Waals surface area contributed by atoms with Crippen LogP contribution in [0.25, 0.3) is 0 Å². The average Bonchev–Trinajstić information content (AvgIpc) is 2.18. The van der Waals surface area contributed by atoms with E-state index in [-0.39, 0.29) is 6.61 Å². The maximum absolute atomic E-state index is 8.81. The van der Waals surface area contributed by atoms with Crippen molar-refractivity contribution >= 4 is 5.69 Å².